The van der Waals surface area contributed by atoms with Crippen molar-refractivity contribution in [1.82, 2.24) is 0 Å². The maximum Gasteiger partial charge on any atom is 0.334 e. The van der Waals surface area contributed by atoms with Gasteiger partial charge in [-0.1, -0.05) is 20.4 Å². The number of carbonyl (C=O) groups excluding carboxylic acids is 3. The van der Waals surface area contributed by atoms with Crippen molar-refractivity contribution in [2.24, 2.45) is 11.8 Å². The number of esters is 2. The highest BCUT2D eigenvalue weighted by atomic mass is 16.6. The van der Waals surface area contributed by atoms with Crippen LogP contribution in [0.4, 0.5) is 0 Å². The summed E-state index contributed by atoms with van der Waals surface area (Å²) >= 11 is 0. The molecule has 1 fully saturated rings. The number of ketones is 1. The van der Waals surface area contributed by atoms with Gasteiger partial charge in [0.05, 0.1) is 17.4 Å². The largest absolute Gasteiger partial charge is 0.461 e. The summed E-state index contributed by atoms with van der Waals surface area (Å²) in [6, 6.07) is 0. The van der Waals surface area contributed by atoms with Crippen LogP contribution in [-0.2, 0) is 23.9 Å². The molecule has 1 N–H and O–H groups in total. The number of hydrogen-bond donors (Lipinski definition) is 1. The second kappa shape index (κ2) is 7.58. The van der Waals surface area contributed by atoms with Gasteiger partial charge in [-0.15, -0.1) is 0 Å². The molecular formula is C20H26O6. The van der Waals surface area contributed by atoms with Crippen LogP contribution in [0, 0.1) is 11.8 Å². The molecule has 0 unspecified atom stereocenters. The molecule has 6 heteroatoms. The fourth-order valence-corrected chi connectivity index (χ4v) is 3.05. The molecule has 5 atom stereocenters. The van der Waals surface area contributed by atoms with E-state index in [0.29, 0.717) is 12.0 Å². The van der Waals surface area contributed by atoms with E-state index < -0.39 is 35.7 Å². The Hall–Kier alpha value is -2.21. The van der Waals surface area contributed by atoms with Crippen LogP contribution in [0.25, 0.3) is 0 Å². The summed E-state index contributed by atoms with van der Waals surface area (Å²) in [5.74, 6) is -2.25. The second-order valence-electron chi connectivity index (χ2n) is 7.31. The summed E-state index contributed by atoms with van der Waals surface area (Å²) in [4.78, 5) is 36.5. The van der Waals surface area contributed by atoms with E-state index in [4.69, 9.17) is 9.47 Å². The Balaban J connectivity index is 2.46. The first-order chi connectivity index (χ1) is 12.1. The highest BCUT2D eigenvalue weighted by Crippen LogP contribution is 2.37. The fraction of sp³-hybridized carbons (Fsp3) is 0.550. The molecule has 0 aromatic heterocycles. The lowest BCUT2D eigenvalue weighted by atomic mass is 9.82. The minimum atomic E-state index is -1.40. The minimum absolute atomic E-state index is 0.0165. The third kappa shape index (κ3) is 4.30. The van der Waals surface area contributed by atoms with Crippen LogP contribution < -0.4 is 0 Å². The van der Waals surface area contributed by atoms with Crippen LogP contribution >= 0.6 is 0 Å². The quantitative estimate of drug-likeness (QED) is 0.612. The van der Waals surface area contributed by atoms with E-state index >= 15 is 0 Å². The third-order valence-electron chi connectivity index (χ3n) is 4.96. The molecular weight excluding hydrogens is 336 g/mol. The minimum Gasteiger partial charge on any atom is -0.461 e. The summed E-state index contributed by atoms with van der Waals surface area (Å²) in [5.41, 5.74) is -0.846. The Morgan fingerprint density at radius 3 is 2.77 bits per heavy atom. The molecule has 1 aliphatic heterocycles. The van der Waals surface area contributed by atoms with E-state index in [1.54, 1.807) is 19.9 Å². The molecule has 142 valence electrons. The Morgan fingerprint density at radius 1 is 1.50 bits per heavy atom. The predicted molar refractivity (Wildman–Crippen MR) is 95.0 cm³/mol. The number of fused-ring (bicyclic) bond motifs is 1. The lowest BCUT2D eigenvalue weighted by Crippen LogP contribution is -2.40. The van der Waals surface area contributed by atoms with Gasteiger partial charge in [-0.2, -0.15) is 0 Å². The number of carbonyl (C=O) groups is 3. The number of hydrogen-bond acceptors (Lipinski definition) is 6. The molecule has 1 saturated heterocycles. The van der Waals surface area contributed by atoms with Gasteiger partial charge in [0, 0.05) is 12.0 Å². The first-order valence-electron chi connectivity index (χ1n) is 8.80. The molecule has 26 heavy (non-hydrogen) atoms. The van der Waals surface area contributed by atoms with Gasteiger partial charge in [0.25, 0.3) is 0 Å². The van der Waals surface area contributed by atoms with Crippen molar-refractivity contribution in [2.45, 2.75) is 58.3 Å². The van der Waals surface area contributed by atoms with Gasteiger partial charge in [-0.25, -0.2) is 4.79 Å². The zero-order valence-electron chi connectivity index (χ0n) is 15.7. The van der Waals surface area contributed by atoms with Crippen molar-refractivity contribution in [3.05, 3.63) is 36.0 Å². The Kier molecular flexibility index (Phi) is 5.86. The molecule has 1 heterocycles. The maximum absolute atomic E-state index is 12.4. The van der Waals surface area contributed by atoms with Gasteiger partial charge in [-0.3, -0.25) is 9.59 Å². The highest BCUT2D eigenvalue weighted by molar-refractivity contribution is 6.03. The third-order valence-corrected chi connectivity index (χ3v) is 4.96. The molecule has 0 bridgehead atoms. The average Bonchev–Trinajstić information content (AvgIpc) is 2.84. The smallest absolute Gasteiger partial charge is 0.334 e. The summed E-state index contributed by atoms with van der Waals surface area (Å²) < 4.78 is 11.0. The zero-order chi connectivity index (χ0) is 19.6. The Bertz CT molecular complexity index is 684. The summed E-state index contributed by atoms with van der Waals surface area (Å²) in [6.45, 7) is 10.5. The molecule has 0 radical (unpaired) electrons. The van der Waals surface area contributed by atoms with Crippen LogP contribution in [0.5, 0.6) is 0 Å². The van der Waals surface area contributed by atoms with Crippen LogP contribution in [-0.4, -0.2) is 40.6 Å². The average molecular weight is 362 g/mol. The van der Waals surface area contributed by atoms with Gasteiger partial charge in [0.2, 0.25) is 0 Å². The van der Waals surface area contributed by atoms with E-state index in [0.717, 1.165) is 0 Å². The number of rotatable bonds is 3. The van der Waals surface area contributed by atoms with Crippen LogP contribution in [0.15, 0.2) is 36.0 Å². The number of allylic oxidation sites excluding steroid dienone is 2. The van der Waals surface area contributed by atoms with Gasteiger partial charge >= 0.3 is 11.9 Å². The molecule has 0 spiro atoms. The summed E-state index contributed by atoms with van der Waals surface area (Å²) in [7, 11) is 0. The van der Waals surface area contributed by atoms with Gasteiger partial charge in [0.1, 0.15) is 12.2 Å². The van der Waals surface area contributed by atoms with E-state index in [1.165, 1.54) is 19.1 Å². The number of ether oxygens (including phenoxy) is 2. The van der Waals surface area contributed by atoms with Crippen LogP contribution in [0.1, 0.15) is 40.5 Å². The van der Waals surface area contributed by atoms with E-state index in [1.807, 2.05) is 6.92 Å². The molecule has 0 saturated carbocycles. The van der Waals surface area contributed by atoms with Crippen molar-refractivity contribution in [1.29, 1.82) is 0 Å². The number of aliphatic hydroxyl groups is 1. The van der Waals surface area contributed by atoms with Crippen molar-refractivity contribution < 1.29 is 29.0 Å². The van der Waals surface area contributed by atoms with Crippen molar-refractivity contribution >= 4 is 17.7 Å². The van der Waals surface area contributed by atoms with Gasteiger partial charge in [-0.05, 0) is 44.1 Å². The zero-order valence-corrected chi connectivity index (χ0v) is 15.7. The van der Waals surface area contributed by atoms with Gasteiger partial charge in [0.15, 0.2) is 5.78 Å². The topological polar surface area (TPSA) is 89.9 Å². The molecule has 6 nitrogen and oxygen atoms in total. The lowest BCUT2D eigenvalue weighted by molar-refractivity contribution is -0.159. The van der Waals surface area contributed by atoms with Crippen molar-refractivity contribution in [2.75, 3.05) is 0 Å². The van der Waals surface area contributed by atoms with Crippen LogP contribution in [0.3, 0.4) is 0 Å². The SMILES string of the molecule is C=C1C(=O)O[C@H]2/C=C(/C)C(=O)/C=C/[C@](C)(O)C[C@@H](OC(=O)[C@H](C)CC)[C@@H]12. The summed E-state index contributed by atoms with van der Waals surface area (Å²) in [5, 5.41) is 10.6. The first kappa shape index (κ1) is 20.1. The Labute approximate surface area is 153 Å². The van der Waals surface area contributed by atoms with E-state index in [-0.39, 0.29) is 23.7 Å². The highest BCUT2D eigenvalue weighted by Gasteiger charge is 2.46. The van der Waals surface area contributed by atoms with E-state index in [9.17, 15) is 19.5 Å². The normalized spacial score (nSPS) is 36.4. The standard InChI is InChI=1S/C20H26O6/c1-6-11(2)18(22)26-16-10-20(5,24)8-7-14(21)12(3)9-15-17(16)13(4)19(23)25-15/h7-9,11,15-17,24H,4,6,10H2,1-3,5H3/b8-7+,12-9-/t11-,15+,16-,17+,20+/m1/s1. The van der Waals surface area contributed by atoms with E-state index in [2.05, 4.69) is 6.58 Å². The lowest BCUT2D eigenvalue weighted by Gasteiger charge is -2.32. The maximum atomic E-state index is 12.4. The predicted octanol–water partition coefficient (Wildman–Crippen LogP) is 2.27. The molecule has 0 amide bonds. The van der Waals surface area contributed by atoms with Gasteiger partial charge < -0.3 is 14.6 Å². The first-order valence-corrected chi connectivity index (χ1v) is 8.80. The molecule has 0 aromatic rings. The van der Waals surface area contributed by atoms with Crippen molar-refractivity contribution in [3.8, 4) is 0 Å². The monoisotopic (exact) mass is 362 g/mol. The van der Waals surface area contributed by atoms with Crippen LogP contribution in [0.2, 0.25) is 0 Å². The Morgan fingerprint density at radius 2 is 2.15 bits per heavy atom. The molecule has 0 aromatic carbocycles. The summed E-state index contributed by atoms with van der Waals surface area (Å²) in [6.07, 6.45) is 3.27. The second-order valence-corrected chi connectivity index (χ2v) is 7.31. The molecule has 2 rings (SSSR count). The molecule has 1 aliphatic carbocycles. The van der Waals surface area contributed by atoms with Crippen molar-refractivity contribution in [3.63, 3.8) is 0 Å². The molecule has 2 aliphatic rings. The fourth-order valence-electron chi connectivity index (χ4n) is 3.05.